The smallest absolute Gasteiger partial charge is 0.329 e. The van der Waals surface area contributed by atoms with Crippen LogP contribution in [0.1, 0.15) is 41.3 Å². The lowest BCUT2D eigenvalue weighted by molar-refractivity contribution is -0.147. The van der Waals surface area contributed by atoms with Crippen LogP contribution in [-0.2, 0) is 17.9 Å². The maximum atomic E-state index is 12.6. The monoisotopic (exact) mass is 274 g/mol. The Morgan fingerprint density at radius 3 is 2.80 bits per heavy atom. The molecule has 0 radical (unpaired) electrons. The summed E-state index contributed by atoms with van der Waals surface area (Å²) in [6.45, 7) is 3.75. The molecule has 1 unspecified atom stereocenters. The third-order valence-electron chi connectivity index (χ3n) is 4.43. The molecule has 2 aliphatic heterocycles. The lowest BCUT2D eigenvalue weighted by atomic mass is 9.98. The molecule has 0 aliphatic carbocycles. The molecule has 2 heterocycles. The molecule has 0 bridgehead atoms. The summed E-state index contributed by atoms with van der Waals surface area (Å²) in [5.41, 5.74) is 1.85. The third-order valence-corrected chi connectivity index (χ3v) is 4.43. The van der Waals surface area contributed by atoms with E-state index in [0.717, 1.165) is 25.1 Å². The molecular weight excluding hydrogens is 256 g/mol. The van der Waals surface area contributed by atoms with E-state index in [2.05, 4.69) is 5.32 Å². The van der Waals surface area contributed by atoms with Crippen molar-refractivity contribution in [3.63, 3.8) is 0 Å². The quantitative estimate of drug-likeness (QED) is 0.854. The highest BCUT2D eigenvalue weighted by Crippen LogP contribution is 2.31. The first-order valence-electron chi connectivity index (χ1n) is 6.90. The molecule has 2 aliphatic rings. The maximum Gasteiger partial charge on any atom is 0.329 e. The second kappa shape index (κ2) is 4.59. The van der Waals surface area contributed by atoms with Crippen molar-refractivity contribution in [3.05, 3.63) is 34.9 Å². The topological polar surface area (TPSA) is 69.6 Å². The fourth-order valence-corrected chi connectivity index (χ4v) is 3.09. The zero-order chi connectivity index (χ0) is 14.3. The Kier molecular flexibility index (Phi) is 3.01. The first-order chi connectivity index (χ1) is 9.52. The van der Waals surface area contributed by atoms with Crippen LogP contribution in [0.5, 0.6) is 0 Å². The van der Waals surface area contributed by atoms with Gasteiger partial charge in [-0.3, -0.25) is 4.79 Å². The van der Waals surface area contributed by atoms with E-state index in [4.69, 9.17) is 0 Å². The molecule has 2 N–H and O–H groups in total. The fourth-order valence-electron chi connectivity index (χ4n) is 3.09. The summed E-state index contributed by atoms with van der Waals surface area (Å²) in [4.78, 5) is 25.6. The van der Waals surface area contributed by atoms with Crippen LogP contribution in [0.2, 0.25) is 0 Å². The number of carbonyl (C=O) groups excluding carboxylic acids is 1. The van der Waals surface area contributed by atoms with E-state index >= 15 is 0 Å². The first kappa shape index (κ1) is 13.1. The van der Waals surface area contributed by atoms with Gasteiger partial charge in [-0.15, -0.1) is 0 Å². The molecule has 20 heavy (non-hydrogen) atoms. The second-order valence-corrected chi connectivity index (χ2v) is 5.73. The van der Waals surface area contributed by atoms with Crippen molar-refractivity contribution in [2.75, 3.05) is 6.54 Å². The predicted octanol–water partition coefficient (Wildman–Crippen LogP) is 1.37. The van der Waals surface area contributed by atoms with Crippen LogP contribution in [-0.4, -0.2) is 34.0 Å². The summed E-state index contributed by atoms with van der Waals surface area (Å²) in [6.07, 6.45) is 1.25. The van der Waals surface area contributed by atoms with E-state index < -0.39 is 11.5 Å². The van der Waals surface area contributed by atoms with E-state index in [9.17, 15) is 14.7 Å². The third kappa shape index (κ3) is 1.89. The Hall–Kier alpha value is -1.88. The zero-order valence-electron chi connectivity index (χ0n) is 11.5. The van der Waals surface area contributed by atoms with Gasteiger partial charge in [0.1, 0.15) is 5.54 Å². The van der Waals surface area contributed by atoms with E-state index in [1.54, 1.807) is 13.0 Å². The molecule has 1 aromatic rings. The van der Waals surface area contributed by atoms with Gasteiger partial charge in [-0.2, -0.15) is 0 Å². The second-order valence-electron chi connectivity index (χ2n) is 5.73. The molecule has 1 fully saturated rings. The van der Waals surface area contributed by atoms with Crippen LogP contribution >= 0.6 is 0 Å². The van der Waals surface area contributed by atoms with Gasteiger partial charge in [0.05, 0.1) is 0 Å². The number of aliphatic carboxylic acids is 1. The number of carbonyl (C=O) groups is 2. The average Bonchev–Trinajstić information content (AvgIpc) is 3.03. The summed E-state index contributed by atoms with van der Waals surface area (Å²) in [5.74, 6) is -1.10. The van der Waals surface area contributed by atoms with E-state index in [0.29, 0.717) is 18.5 Å². The number of rotatable bonds is 2. The zero-order valence-corrected chi connectivity index (χ0v) is 11.5. The number of carboxylic acids is 1. The van der Waals surface area contributed by atoms with Gasteiger partial charge in [0, 0.05) is 25.2 Å². The van der Waals surface area contributed by atoms with Gasteiger partial charge < -0.3 is 15.3 Å². The predicted molar refractivity (Wildman–Crippen MR) is 73.3 cm³/mol. The number of likely N-dealkylation sites (tertiary alicyclic amines) is 1. The highest BCUT2D eigenvalue weighted by Gasteiger charge is 2.46. The molecule has 1 aromatic carbocycles. The summed E-state index contributed by atoms with van der Waals surface area (Å²) >= 11 is 0. The standard InChI is InChI=1S/C15H18N2O3/c1-15(14(19)20)5-2-6-17(15)13(18)10-3-4-11-8-16-9-12(11)7-10/h3-4,7,16H,2,5-6,8-9H2,1H3,(H,19,20). The summed E-state index contributed by atoms with van der Waals surface area (Å²) in [6, 6.07) is 5.64. The number of fused-ring (bicyclic) bond motifs is 1. The van der Waals surface area contributed by atoms with E-state index in [-0.39, 0.29) is 5.91 Å². The largest absolute Gasteiger partial charge is 0.480 e. The number of carboxylic acid groups (broad SMARTS) is 1. The highest BCUT2D eigenvalue weighted by molar-refractivity contribution is 5.98. The Morgan fingerprint density at radius 2 is 2.05 bits per heavy atom. The van der Waals surface area contributed by atoms with Gasteiger partial charge in [0.15, 0.2) is 0 Å². The van der Waals surface area contributed by atoms with Crippen molar-refractivity contribution in [2.24, 2.45) is 0 Å². The maximum absolute atomic E-state index is 12.6. The Morgan fingerprint density at radius 1 is 1.30 bits per heavy atom. The molecule has 3 rings (SSSR count). The minimum Gasteiger partial charge on any atom is -0.480 e. The van der Waals surface area contributed by atoms with Crippen LogP contribution in [0.25, 0.3) is 0 Å². The van der Waals surface area contributed by atoms with Gasteiger partial charge in [-0.05, 0) is 43.0 Å². The van der Waals surface area contributed by atoms with E-state index in [1.807, 2.05) is 12.1 Å². The summed E-state index contributed by atoms with van der Waals surface area (Å²) in [7, 11) is 0. The minimum atomic E-state index is -1.08. The number of hydrogen-bond donors (Lipinski definition) is 2. The van der Waals surface area contributed by atoms with Crippen molar-refractivity contribution in [1.29, 1.82) is 0 Å². The molecule has 0 aromatic heterocycles. The molecule has 1 saturated heterocycles. The minimum absolute atomic E-state index is 0.179. The van der Waals surface area contributed by atoms with Crippen molar-refractivity contribution < 1.29 is 14.7 Å². The molecule has 5 nitrogen and oxygen atoms in total. The Bertz CT molecular complexity index is 584. The van der Waals surface area contributed by atoms with Gasteiger partial charge in [-0.1, -0.05) is 6.07 Å². The number of hydrogen-bond acceptors (Lipinski definition) is 3. The van der Waals surface area contributed by atoms with Crippen LogP contribution in [0.15, 0.2) is 18.2 Å². The Labute approximate surface area is 117 Å². The first-order valence-corrected chi connectivity index (χ1v) is 6.90. The van der Waals surface area contributed by atoms with Crippen LogP contribution in [0, 0.1) is 0 Å². The van der Waals surface area contributed by atoms with Crippen molar-refractivity contribution in [3.8, 4) is 0 Å². The van der Waals surface area contributed by atoms with Crippen LogP contribution in [0.3, 0.4) is 0 Å². The molecule has 106 valence electrons. The lowest BCUT2D eigenvalue weighted by Crippen LogP contribution is -2.50. The molecule has 1 amide bonds. The van der Waals surface area contributed by atoms with Crippen molar-refractivity contribution in [1.82, 2.24) is 10.2 Å². The van der Waals surface area contributed by atoms with Crippen molar-refractivity contribution in [2.45, 2.75) is 38.4 Å². The van der Waals surface area contributed by atoms with Crippen LogP contribution < -0.4 is 5.32 Å². The molecular formula is C15H18N2O3. The number of nitrogens with one attached hydrogen (secondary N) is 1. The number of amides is 1. The van der Waals surface area contributed by atoms with Gasteiger partial charge in [0.2, 0.25) is 0 Å². The lowest BCUT2D eigenvalue weighted by Gasteiger charge is -2.31. The fraction of sp³-hybridized carbons (Fsp3) is 0.467. The molecule has 0 spiro atoms. The van der Waals surface area contributed by atoms with E-state index in [1.165, 1.54) is 10.5 Å². The van der Waals surface area contributed by atoms with Gasteiger partial charge >= 0.3 is 5.97 Å². The Balaban J connectivity index is 1.91. The molecule has 5 heteroatoms. The summed E-state index contributed by atoms with van der Waals surface area (Å²) < 4.78 is 0. The number of benzene rings is 1. The molecule has 0 saturated carbocycles. The van der Waals surface area contributed by atoms with Gasteiger partial charge in [0.25, 0.3) is 5.91 Å². The number of nitrogens with zero attached hydrogens (tertiary/aromatic N) is 1. The van der Waals surface area contributed by atoms with Crippen molar-refractivity contribution >= 4 is 11.9 Å². The highest BCUT2D eigenvalue weighted by atomic mass is 16.4. The molecule has 1 atom stereocenters. The van der Waals surface area contributed by atoms with Crippen LogP contribution in [0.4, 0.5) is 0 Å². The average molecular weight is 274 g/mol. The SMILES string of the molecule is CC1(C(=O)O)CCCN1C(=O)c1ccc2c(c1)CNC2. The normalized spacial score (nSPS) is 24.8. The summed E-state index contributed by atoms with van der Waals surface area (Å²) in [5, 5.41) is 12.6. The van der Waals surface area contributed by atoms with Gasteiger partial charge in [-0.25, -0.2) is 4.79 Å².